The van der Waals surface area contributed by atoms with Gasteiger partial charge in [-0.2, -0.15) is 5.10 Å². The van der Waals surface area contributed by atoms with Gasteiger partial charge in [0.2, 0.25) is 5.91 Å². The number of benzene rings is 1. The Morgan fingerprint density at radius 1 is 1.44 bits per heavy atom. The molecule has 1 aromatic carbocycles. The molecule has 1 aromatic heterocycles. The number of aromatic nitrogens is 3. The predicted octanol–water partition coefficient (Wildman–Crippen LogP) is 3.32. The molecule has 1 aliphatic heterocycles. The minimum Gasteiger partial charge on any atom is -0.491 e. The van der Waals surface area contributed by atoms with Crippen LogP contribution in [-0.4, -0.2) is 45.3 Å². The Morgan fingerprint density at radius 2 is 2.26 bits per heavy atom. The van der Waals surface area contributed by atoms with Crippen molar-refractivity contribution in [3.8, 4) is 5.75 Å². The average molecular weight is 396 g/mol. The predicted molar refractivity (Wildman–Crippen MR) is 98.0 cm³/mol. The highest BCUT2D eigenvalue weighted by atomic mass is 32.1. The van der Waals surface area contributed by atoms with E-state index in [1.54, 1.807) is 0 Å². The van der Waals surface area contributed by atoms with Gasteiger partial charge in [0.1, 0.15) is 11.6 Å². The molecule has 0 spiro atoms. The molecule has 1 N–H and O–H groups in total. The molecule has 1 fully saturated rings. The highest BCUT2D eigenvalue weighted by molar-refractivity contribution is 7.71. The lowest BCUT2D eigenvalue weighted by Gasteiger charge is -2.32. The molecule has 2 heterocycles. The fourth-order valence-corrected chi connectivity index (χ4v) is 3.43. The molecule has 1 saturated heterocycles. The smallest absolute Gasteiger partial charge is 0.222 e. The summed E-state index contributed by atoms with van der Waals surface area (Å²) in [5.74, 6) is -0.332. The van der Waals surface area contributed by atoms with E-state index in [0.29, 0.717) is 24.2 Å². The third-order valence-corrected chi connectivity index (χ3v) is 5.11. The first-order valence-electron chi connectivity index (χ1n) is 8.92. The summed E-state index contributed by atoms with van der Waals surface area (Å²) in [5.41, 5.74) is 0. The summed E-state index contributed by atoms with van der Waals surface area (Å²) in [6.45, 7) is 1.52. The van der Waals surface area contributed by atoms with Crippen molar-refractivity contribution in [2.45, 2.75) is 31.6 Å². The Bertz CT molecular complexity index is 867. The number of halogens is 2. The van der Waals surface area contributed by atoms with Crippen molar-refractivity contribution in [2.24, 2.45) is 7.05 Å². The Morgan fingerprint density at radius 3 is 2.96 bits per heavy atom. The number of carbonyl (C=O) groups is 1. The number of likely N-dealkylation sites (tertiary alicyclic amines) is 1. The molecule has 6 nitrogen and oxygen atoms in total. The lowest BCUT2D eigenvalue weighted by molar-refractivity contribution is -0.132. The van der Waals surface area contributed by atoms with Crippen LogP contribution in [0.1, 0.15) is 37.4 Å². The van der Waals surface area contributed by atoms with Crippen LogP contribution in [0.4, 0.5) is 8.78 Å². The van der Waals surface area contributed by atoms with Gasteiger partial charge in [-0.3, -0.25) is 9.89 Å². The second-order valence-electron chi connectivity index (χ2n) is 6.65. The van der Waals surface area contributed by atoms with Crippen LogP contribution in [0.5, 0.6) is 5.75 Å². The van der Waals surface area contributed by atoms with E-state index >= 15 is 0 Å². The van der Waals surface area contributed by atoms with Gasteiger partial charge >= 0.3 is 0 Å². The van der Waals surface area contributed by atoms with E-state index in [9.17, 15) is 13.6 Å². The van der Waals surface area contributed by atoms with Crippen LogP contribution < -0.4 is 4.74 Å². The highest BCUT2D eigenvalue weighted by Crippen LogP contribution is 2.26. The van der Waals surface area contributed by atoms with Crippen LogP contribution in [0.25, 0.3) is 0 Å². The monoisotopic (exact) mass is 396 g/mol. The molecule has 3 rings (SSSR count). The fourth-order valence-electron chi connectivity index (χ4n) is 3.29. The molecule has 0 bridgehead atoms. The van der Waals surface area contributed by atoms with Gasteiger partial charge in [-0.25, -0.2) is 8.78 Å². The average Bonchev–Trinajstić information content (AvgIpc) is 2.99. The van der Waals surface area contributed by atoms with E-state index in [0.717, 1.165) is 37.3 Å². The number of amides is 1. The van der Waals surface area contributed by atoms with Gasteiger partial charge in [0.25, 0.3) is 0 Å². The highest BCUT2D eigenvalue weighted by Gasteiger charge is 2.27. The molecule has 1 amide bonds. The van der Waals surface area contributed by atoms with Crippen molar-refractivity contribution >= 4 is 18.1 Å². The molecule has 2 aromatic rings. The molecule has 9 heteroatoms. The Kier molecular flexibility index (Phi) is 6.20. The number of carbonyl (C=O) groups excluding carboxylic acids is 1. The number of ether oxygens (including phenoxy) is 1. The molecular weight excluding hydrogens is 374 g/mol. The quantitative estimate of drug-likeness (QED) is 0.601. The number of nitrogens with one attached hydrogen (secondary N) is 1. The van der Waals surface area contributed by atoms with Crippen molar-refractivity contribution in [1.29, 1.82) is 0 Å². The first kappa shape index (κ1) is 19.5. The third-order valence-electron chi connectivity index (χ3n) is 4.74. The number of piperidine rings is 1. The van der Waals surface area contributed by atoms with Gasteiger partial charge in [-0.1, -0.05) is 0 Å². The second kappa shape index (κ2) is 8.60. The third kappa shape index (κ3) is 4.71. The molecule has 0 radical (unpaired) electrons. The van der Waals surface area contributed by atoms with Crippen LogP contribution in [0.15, 0.2) is 18.2 Å². The molecule has 1 atom stereocenters. The van der Waals surface area contributed by atoms with E-state index in [1.165, 1.54) is 6.07 Å². The summed E-state index contributed by atoms with van der Waals surface area (Å²) < 4.78 is 34.1. The van der Waals surface area contributed by atoms with E-state index < -0.39 is 11.6 Å². The summed E-state index contributed by atoms with van der Waals surface area (Å²) in [4.78, 5) is 14.3. The largest absolute Gasteiger partial charge is 0.491 e. The Balaban J connectivity index is 1.47. The lowest BCUT2D eigenvalue weighted by atomic mass is 9.97. The minimum absolute atomic E-state index is 0.00682. The maximum atomic E-state index is 13.5. The van der Waals surface area contributed by atoms with Crippen molar-refractivity contribution in [3.63, 3.8) is 0 Å². The second-order valence-corrected chi connectivity index (χ2v) is 7.04. The van der Waals surface area contributed by atoms with E-state index in [4.69, 9.17) is 17.0 Å². The number of nitrogens with zero attached hydrogens (tertiary/aromatic N) is 3. The van der Waals surface area contributed by atoms with E-state index in [-0.39, 0.29) is 24.2 Å². The van der Waals surface area contributed by atoms with Crippen LogP contribution in [0, 0.1) is 16.4 Å². The molecule has 1 aliphatic rings. The van der Waals surface area contributed by atoms with Gasteiger partial charge in [0.15, 0.2) is 16.3 Å². The van der Waals surface area contributed by atoms with Gasteiger partial charge in [0.05, 0.1) is 6.61 Å². The molecular formula is C18H22F2N4O2S. The molecule has 1 unspecified atom stereocenters. The summed E-state index contributed by atoms with van der Waals surface area (Å²) in [6, 6.07) is 3.16. The number of H-pyrrole nitrogens is 1. The van der Waals surface area contributed by atoms with Gasteiger partial charge in [0, 0.05) is 38.5 Å². The van der Waals surface area contributed by atoms with Gasteiger partial charge in [-0.05, 0) is 43.6 Å². The molecule has 0 saturated carbocycles. The standard InChI is InChI=1S/C18H22F2N4O2S/c1-23-17(21-22-18(23)27)12-4-2-8-24(11-12)16(25)5-3-9-26-15-7-6-13(19)10-14(15)20/h6-7,10,12H,2-5,8-9,11H2,1H3,(H,22,27). The van der Waals surface area contributed by atoms with Gasteiger partial charge in [-0.15, -0.1) is 0 Å². The van der Waals surface area contributed by atoms with Crippen molar-refractivity contribution in [3.05, 3.63) is 40.4 Å². The van der Waals surface area contributed by atoms with Crippen molar-refractivity contribution in [2.75, 3.05) is 19.7 Å². The zero-order chi connectivity index (χ0) is 19.4. The molecule has 27 heavy (non-hydrogen) atoms. The first-order chi connectivity index (χ1) is 13.0. The zero-order valence-electron chi connectivity index (χ0n) is 15.1. The molecule has 0 aliphatic carbocycles. The fraction of sp³-hybridized carbons (Fsp3) is 0.500. The lowest BCUT2D eigenvalue weighted by Crippen LogP contribution is -2.39. The van der Waals surface area contributed by atoms with Crippen molar-refractivity contribution < 1.29 is 18.3 Å². The normalized spacial score (nSPS) is 17.1. The maximum absolute atomic E-state index is 13.5. The van der Waals surface area contributed by atoms with E-state index in [1.807, 2.05) is 16.5 Å². The molecule has 146 valence electrons. The van der Waals surface area contributed by atoms with Crippen LogP contribution in [0.3, 0.4) is 0 Å². The first-order valence-corrected chi connectivity index (χ1v) is 9.33. The van der Waals surface area contributed by atoms with Gasteiger partial charge < -0.3 is 14.2 Å². The number of hydrogen-bond acceptors (Lipinski definition) is 4. The summed E-state index contributed by atoms with van der Waals surface area (Å²) in [5, 5.41) is 7.07. The van der Waals surface area contributed by atoms with Crippen molar-refractivity contribution in [1.82, 2.24) is 19.7 Å². The number of rotatable bonds is 6. The zero-order valence-corrected chi connectivity index (χ0v) is 15.9. The Hall–Kier alpha value is -2.29. The topological polar surface area (TPSA) is 63.1 Å². The SMILES string of the molecule is Cn1c(C2CCCN(C(=O)CCCOc3ccc(F)cc3F)C2)n[nH]c1=S. The summed E-state index contributed by atoms with van der Waals surface area (Å²) >= 11 is 5.15. The number of hydrogen-bond donors (Lipinski definition) is 1. The number of aromatic amines is 1. The van der Waals surface area contributed by atoms with Crippen LogP contribution in [0.2, 0.25) is 0 Å². The summed E-state index contributed by atoms with van der Waals surface area (Å²) in [6.07, 6.45) is 2.65. The van der Waals surface area contributed by atoms with Crippen LogP contribution in [-0.2, 0) is 11.8 Å². The minimum atomic E-state index is -0.742. The maximum Gasteiger partial charge on any atom is 0.222 e. The van der Waals surface area contributed by atoms with E-state index in [2.05, 4.69) is 10.2 Å². The summed E-state index contributed by atoms with van der Waals surface area (Å²) in [7, 11) is 1.87. The Labute approximate surface area is 161 Å². The van der Waals surface area contributed by atoms with Crippen LogP contribution >= 0.6 is 12.2 Å².